The second-order valence-corrected chi connectivity index (χ2v) is 6.25. The Morgan fingerprint density at radius 3 is 2.67 bits per heavy atom. The van der Waals surface area contributed by atoms with Crippen LogP contribution in [0.4, 0.5) is 0 Å². The SMILES string of the molecule is CCNC(=O)C(C)NCc1csc(C(C)(C)C)n1. The zero-order chi connectivity index (χ0) is 13.8. The maximum atomic E-state index is 11.5. The fourth-order valence-electron chi connectivity index (χ4n) is 1.41. The summed E-state index contributed by atoms with van der Waals surface area (Å²) < 4.78 is 0. The van der Waals surface area contributed by atoms with Gasteiger partial charge in [0.05, 0.1) is 16.7 Å². The number of carbonyl (C=O) groups is 1. The number of carbonyl (C=O) groups excluding carboxylic acids is 1. The first-order valence-electron chi connectivity index (χ1n) is 6.30. The van der Waals surface area contributed by atoms with Crippen LogP contribution in [0.3, 0.4) is 0 Å². The number of aromatic nitrogens is 1. The second-order valence-electron chi connectivity index (χ2n) is 5.39. The van der Waals surface area contributed by atoms with Crippen LogP contribution in [-0.2, 0) is 16.8 Å². The largest absolute Gasteiger partial charge is 0.355 e. The Balaban J connectivity index is 2.49. The molecule has 0 saturated heterocycles. The standard InChI is InChI=1S/C13H23N3OS/c1-6-14-11(17)9(2)15-7-10-8-18-12(16-10)13(3,4)5/h8-9,15H,6-7H2,1-5H3,(H,14,17). The third-order valence-corrected chi connectivity index (χ3v) is 3.84. The number of rotatable bonds is 5. The van der Waals surface area contributed by atoms with Crippen molar-refractivity contribution in [2.45, 2.75) is 52.6 Å². The predicted octanol–water partition coefficient (Wildman–Crippen LogP) is 2.05. The highest BCUT2D eigenvalue weighted by Gasteiger charge is 2.18. The van der Waals surface area contributed by atoms with Crippen LogP contribution in [0.1, 0.15) is 45.3 Å². The van der Waals surface area contributed by atoms with Crippen molar-refractivity contribution in [3.8, 4) is 0 Å². The van der Waals surface area contributed by atoms with Gasteiger partial charge in [0.1, 0.15) is 0 Å². The molecule has 0 spiro atoms. The van der Waals surface area contributed by atoms with Crippen LogP contribution in [-0.4, -0.2) is 23.5 Å². The minimum absolute atomic E-state index is 0.0313. The molecule has 1 amide bonds. The van der Waals surface area contributed by atoms with Gasteiger partial charge in [0.15, 0.2) is 0 Å². The molecule has 0 fully saturated rings. The van der Waals surface area contributed by atoms with Crippen molar-refractivity contribution < 1.29 is 4.79 Å². The van der Waals surface area contributed by atoms with Crippen LogP contribution in [0, 0.1) is 0 Å². The Labute approximate surface area is 113 Å². The highest BCUT2D eigenvalue weighted by atomic mass is 32.1. The zero-order valence-electron chi connectivity index (χ0n) is 11.8. The summed E-state index contributed by atoms with van der Waals surface area (Å²) in [5, 5.41) is 9.16. The number of nitrogens with zero attached hydrogens (tertiary/aromatic N) is 1. The van der Waals surface area contributed by atoms with Gasteiger partial charge in [0, 0.05) is 23.9 Å². The lowest BCUT2D eigenvalue weighted by Crippen LogP contribution is -2.41. The average Bonchev–Trinajstić information content (AvgIpc) is 2.74. The van der Waals surface area contributed by atoms with Crippen LogP contribution in [0.2, 0.25) is 0 Å². The van der Waals surface area contributed by atoms with Crippen LogP contribution in [0.15, 0.2) is 5.38 Å². The molecule has 1 aromatic heterocycles. The molecule has 0 radical (unpaired) electrons. The maximum Gasteiger partial charge on any atom is 0.236 e. The summed E-state index contributed by atoms with van der Waals surface area (Å²) in [5.74, 6) is 0.0313. The Morgan fingerprint density at radius 1 is 1.50 bits per heavy atom. The van der Waals surface area contributed by atoms with E-state index in [1.54, 1.807) is 11.3 Å². The minimum Gasteiger partial charge on any atom is -0.355 e. The average molecular weight is 269 g/mol. The van der Waals surface area contributed by atoms with Gasteiger partial charge in [0.25, 0.3) is 0 Å². The van der Waals surface area contributed by atoms with Crippen LogP contribution >= 0.6 is 11.3 Å². The summed E-state index contributed by atoms with van der Waals surface area (Å²) in [6.45, 7) is 11.5. The molecule has 0 saturated carbocycles. The molecule has 1 aromatic rings. The summed E-state index contributed by atoms with van der Waals surface area (Å²) in [6, 6.07) is -0.190. The topological polar surface area (TPSA) is 54.0 Å². The zero-order valence-corrected chi connectivity index (χ0v) is 12.6. The minimum atomic E-state index is -0.190. The lowest BCUT2D eigenvalue weighted by molar-refractivity contribution is -0.122. The Morgan fingerprint density at radius 2 is 2.17 bits per heavy atom. The van der Waals surface area contributed by atoms with Crippen molar-refractivity contribution in [3.63, 3.8) is 0 Å². The fraction of sp³-hybridized carbons (Fsp3) is 0.692. The number of nitrogens with one attached hydrogen (secondary N) is 2. The number of hydrogen-bond acceptors (Lipinski definition) is 4. The van der Waals surface area contributed by atoms with E-state index in [1.807, 2.05) is 13.8 Å². The van der Waals surface area contributed by atoms with E-state index in [9.17, 15) is 4.79 Å². The normalized spacial score (nSPS) is 13.4. The van der Waals surface area contributed by atoms with Gasteiger partial charge < -0.3 is 10.6 Å². The number of hydrogen-bond donors (Lipinski definition) is 2. The molecule has 0 aromatic carbocycles. The number of likely N-dealkylation sites (N-methyl/N-ethyl adjacent to an activating group) is 1. The highest BCUT2D eigenvalue weighted by molar-refractivity contribution is 7.09. The molecule has 0 aliphatic rings. The van der Waals surface area contributed by atoms with E-state index in [-0.39, 0.29) is 17.4 Å². The van der Waals surface area contributed by atoms with Gasteiger partial charge in [-0.2, -0.15) is 0 Å². The van der Waals surface area contributed by atoms with E-state index in [0.29, 0.717) is 13.1 Å². The molecule has 1 heterocycles. The van der Waals surface area contributed by atoms with E-state index in [4.69, 9.17) is 0 Å². The van der Waals surface area contributed by atoms with Gasteiger partial charge in [-0.05, 0) is 13.8 Å². The molecular formula is C13H23N3OS. The fourth-order valence-corrected chi connectivity index (χ4v) is 2.32. The Kier molecular flexibility index (Phi) is 5.28. The molecule has 5 heteroatoms. The lowest BCUT2D eigenvalue weighted by Gasteiger charge is -2.14. The number of thiazole rings is 1. The van der Waals surface area contributed by atoms with Crippen molar-refractivity contribution in [3.05, 3.63) is 16.1 Å². The molecule has 2 N–H and O–H groups in total. The van der Waals surface area contributed by atoms with Crippen LogP contribution < -0.4 is 10.6 Å². The van der Waals surface area contributed by atoms with Crippen molar-refractivity contribution in [1.82, 2.24) is 15.6 Å². The van der Waals surface area contributed by atoms with Gasteiger partial charge in [-0.15, -0.1) is 11.3 Å². The summed E-state index contributed by atoms with van der Waals surface area (Å²) in [7, 11) is 0. The summed E-state index contributed by atoms with van der Waals surface area (Å²) in [4.78, 5) is 16.1. The van der Waals surface area contributed by atoms with Gasteiger partial charge in [-0.3, -0.25) is 4.79 Å². The van der Waals surface area contributed by atoms with Gasteiger partial charge >= 0.3 is 0 Å². The molecule has 4 nitrogen and oxygen atoms in total. The first kappa shape index (κ1) is 15.1. The molecule has 1 atom stereocenters. The van der Waals surface area contributed by atoms with Crippen molar-refractivity contribution >= 4 is 17.2 Å². The molecule has 102 valence electrons. The molecule has 1 rings (SSSR count). The summed E-state index contributed by atoms with van der Waals surface area (Å²) in [6.07, 6.45) is 0. The molecule has 0 bridgehead atoms. The van der Waals surface area contributed by atoms with Gasteiger partial charge in [-0.1, -0.05) is 20.8 Å². The molecule has 18 heavy (non-hydrogen) atoms. The Hall–Kier alpha value is -0.940. The van der Waals surface area contributed by atoms with E-state index >= 15 is 0 Å². The van der Waals surface area contributed by atoms with Crippen molar-refractivity contribution in [2.75, 3.05) is 6.54 Å². The van der Waals surface area contributed by atoms with Crippen molar-refractivity contribution in [1.29, 1.82) is 0 Å². The third kappa shape index (κ3) is 4.38. The van der Waals surface area contributed by atoms with E-state index in [2.05, 4.69) is 41.8 Å². The first-order chi connectivity index (χ1) is 8.34. The quantitative estimate of drug-likeness (QED) is 0.860. The first-order valence-corrected chi connectivity index (χ1v) is 7.18. The number of amides is 1. The molecule has 0 aliphatic carbocycles. The van der Waals surface area contributed by atoms with Crippen LogP contribution in [0.5, 0.6) is 0 Å². The lowest BCUT2D eigenvalue weighted by atomic mass is 9.98. The predicted molar refractivity (Wildman–Crippen MR) is 75.8 cm³/mol. The second kappa shape index (κ2) is 6.29. The summed E-state index contributed by atoms with van der Waals surface area (Å²) in [5.41, 5.74) is 1.09. The van der Waals surface area contributed by atoms with E-state index in [0.717, 1.165) is 10.7 Å². The molecule has 1 unspecified atom stereocenters. The maximum absolute atomic E-state index is 11.5. The van der Waals surface area contributed by atoms with E-state index in [1.165, 1.54) is 0 Å². The van der Waals surface area contributed by atoms with Gasteiger partial charge in [-0.25, -0.2) is 4.98 Å². The van der Waals surface area contributed by atoms with Crippen molar-refractivity contribution in [2.24, 2.45) is 0 Å². The molecule has 0 aliphatic heterocycles. The van der Waals surface area contributed by atoms with Crippen LogP contribution in [0.25, 0.3) is 0 Å². The molecular weight excluding hydrogens is 246 g/mol. The third-order valence-electron chi connectivity index (χ3n) is 2.53. The Bertz CT molecular complexity index is 395. The summed E-state index contributed by atoms with van der Waals surface area (Å²) >= 11 is 1.68. The monoisotopic (exact) mass is 269 g/mol. The van der Waals surface area contributed by atoms with E-state index < -0.39 is 0 Å². The van der Waals surface area contributed by atoms with Gasteiger partial charge in [0.2, 0.25) is 5.91 Å². The smallest absolute Gasteiger partial charge is 0.236 e. The highest BCUT2D eigenvalue weighted by Crippen LogP contribution is 2.25.